The van der Waals surface area contributed by atoms with Crippen LogP contribution in [0.4, 0.5) is 10.1 Å². The molecule has 3 rings (SSSR count). The maximum Gasteiger partial charge on any atom is 0.266 e. The van der Waals surface area contributed by atoms with Crippen LogP contribution in [0.5, 0.6) is 17.2 Å². The van der Waals surface area contributed by atoms with Crippen LogP contribution in [0.1, 0.15) is 18.1 Å². The van der Waals surface area contributed by atoms with Crippen molar-refractivity contribution in [2.75, 3.05) is 19.0 Å². The predicted octanol–water partition coefficient (Wildman–Crippen LogP) is 5.36. The molecule has 0 atom stereocenters. The second kappa shape index (κ2) is 11.3. The number of halogens is 1. The van der Waals surface area contributed by atoms with E-state index in [0.29, 0.717) is 40.7 Å². The first-order chi connectivity index (χ1) is 16.0. The molecule has 3 aromatic rings. The van der Waals surface area contributed by atoms with Gasteiger partial charge in [-0.2, -0.15) is 5.26 Å². The molecule has 0 saturated carbocycles. The lowest BCUT2D eigenvalue weighted by atomic mass is 10.1. The molecule has 0 aliphatic rings. The maximum atomic E-state index is 13.8. The number of amides is 1. The van der Waals surface area contributed by atoms with Gasteiger partial charge in [0.15, 0.2) is 11.5 Å². The van der Waals surface area contributed by atoms with E-state index in [1.54, 1.807) is 60.7 Å². The Balaban J connectivity index is 1.75. The number of methoxy groups -OCH3 is 1. The molecule has 168 valence electrons. The van der Waals surface area contributed by atoms with E-state index in [0.717, 1.165) is 0 Å². The molecular weight excluding hydrogens is 423 g/mol. The van der Waals surface area contributed by atoms with Gasteiger partial charge in [-0.15, -0.1) is 0 Å². The van der Waals surface area contributed by atoms with Crippen molar-refractivity contribution < 1.29 is 23.4 Å². The predicted molar refractivity (Wildman–Crippen MR) is 124 cm³/mol. The van der Waals surface area contributed by atoms with E-state index < -0.39 is 5.91 Å². The fourth-order valence-electron chi connectivity index (χ4n) is 3.01. The van der Waals surface area contributed by atoms with E-state index in [9.17, 15) is 14.4 Å². The summed E-state index contributed by atoms with van der Waals surface area (Å²) in [4.78, 5) is 12.6. The number of nitriles is 1. The fraction of sp³-hybridized carbons (Fsp3) is 0.154. The third-order valence-electron chi connectivity index (χ3n) is 4.61. The van der Waals surface area contributed by atoms with E-state index in [4.69, 9.17) is 14.2 Å². The molecule has 0 unspecified atom stereocenters. The SMILES string of the molecule is CCOc1cccc(NC(=O)/C(C#N)=C\c2ccc(OCc3ccccc3F)c(OC)c2)c1. The van der Waals surface area contributed by atoms with E-state index in [2.05, 4.69) is 5.32 Å². The Morgan fingerprint density at radius 1 is 1.06 bits per heavy atom. The van der Waals surface area contributed by atoms with Crippen molar-refractivity contribution in [2.24, 2.45) is 0 Å². The summed E-state index contributed by atoms with van der Waals surface area (Å²) >= 11 is 0. The van der Waals surface area contributed by atoms with Crippen LogP contribution in [0.3, 0.4) is 0 Å². The molecule has 0 saturated heterocycles. The molecule has 0 spiro atoms. The van der Waals surface area contributed by atoms with Crippen LogP contribution in [-0.2, 0) is 11.4 Å². The highest BCUT2D eigenvalue weighted by molar-refractivity contribution is 6.09. The number of benzene rings is 3. The molecule has 0 aromatic heterocycles. The van der Waals surface area contributed by atoms with Gasteiger partial charge in [0.05, 0.1) is 13.7 Å². The van der Waals surface area contributed by atoms with Crippen LogP contribution in [0.2, 0.25) is 0 Å². The number of anilines is 1. The van der Waals surface area contributed by atoms with Crippen molar-refractivity contribution in [2.45, 2.75) is 13.5 Å². The highest BCUT2D eigenvalue weighted by Crippen LogP contribution is 2.30. The summed E-state index contributed by atoms with van der Waals surface area (Å²) in [6, 6.07) is 20.1. The Kier molecular flexibility index (Phi) is 8.03. The number of rotatable bonds is 9. The normalized spacial score (nSPS) is 10.8. The number of hydrogen-bond acceptors (Lipinski definition) is 5. The van der Waals surface area contributed by atoms with E-state index in [-0.39, 0.29) is 18.0 Å². The molecule has 1 N–H and O–H groups in total. The highest BCUT2D eigenvalue weighted by atomic mass is 19.1. The third-order valence-corrected chi connectivity index (χ3v) is 4.61. The molecule has 0 aliphatic carbocycles. The van der Waals surface area contributed by atoms with Crippen molar-refractivity contribution in [3.63, 3.8) is 0 Å². The van der Waals surface area contributed by atoms with Gasteiger partial charge in [0.1, 0.15) is 29.8 Å². The van der Waals surface area contributed by atoms with Crippen molar-refractivity contribution >= 4 is 17.7 Å². The summed E-state index contributed by atoms with van der Waals surface area (Å²) in [6.07, 6.45) is 1.45. The van der Waals surface area contributed by atoms with Gasteiger partial charge < -0.3 is 19.5 Å². The Bertz CT molecular complexity index is 1200. The molecule has 0 fully saturated rings. The van der Waals surface area contributed by atoms with Crippen LogP contribution in [0.15, 0.2) is 72.3 Å². The number of hydrogen-bond donors (Lipinski definition) is 1. The minimum Gasteiger partial charge on any atom is -0.494 e. The molecule has 6 nitrogen and oxygen atoms in total. The first-order valence-electron chi connectivity index (χ1n) is 10.2. The Morgan fingerprint density at radius 2 is 1.88 bits per heavy atom. The summed E-state index contributed by atoms with van der Waals surface area (Å²) < 4.78 is 30.3. The number of nitrogens with zero attached hydrogens (tertiary/aromatic N) is 1. The first-order valence-corrected chi connectivity index (χ1v) is 10.2. The quantitative estimate of drug-likeness (QED) is 0.354. The van der Waals surface area contributed by atoms with Crippen LogP contribution in [0, 0.1) is 17.1 Å². The zero-order valence-electron chi connectivity index (χ0n) is 18.3. The Labute approximate surface area is 191 Å². The van der Waals surface area contributed by atoms with Gasteiger partial charge in [-0.1, -0.05) is 30.3 Å². The minimum absolute atomic E-state index is 0.0326. The van der Waals surface area contributed by atoms with Gasteiger partial charge in [0.2, 0.25) is 0 Å². The minimum atomic E-state index is -0.551. The fourth-order valence-corrected chi connectivity index (χ4v) is 3.01. The summed E-state index contributed by atoms with van der Waals surface area (Å²) in [5, 5.41) is 12.2. The lowest BCUT2D eigenvalue weighted by Gasteiger charge is -2.12. The van der Waals surface area contributed by atoms with Gasteiger partial charge in [0.25, 0.3) is 5.91 Å². The van der Waals surface area contributed by atoms with Crippen LogP contribution < -0.4 is 19.5 Å². The van der Waals surface area contributed by atoms with Gasteiger partial charge in [-0.25, -0.2) is 4.39 Å². The maximum absolute atomic E-state index is 13.8. The summed E-state index contributed by atoms with van der Waals surface area (Å²) in [6.45, 7) is 2.40. The monoisotopic (exact) mass is 446 g/mol. The molecule has 33 heavy (non-hydrogen) atoms. The third kappa shape index (κ3) is 6.34. The Hall–Kier alpha value is -4.31. The van der Waals surface area contributed by atoms with E-state index in [1.165, 1.54) is 19.3 Å². The zero-order valence-corrected chi connectivity index (χ0v) is 18.3. The summed E-state index contributed by atoms with van der Waals surface area (Å²) in [5.41, 5.74) is 1.42. The smallest absolute Gasteiger partial charge is 0.266 e. The largest absolute Gasteiger partial charge is 0.494 e. The molecular formula is C26H23FN2O4. The zero-order chi connectivity index (χ0) is 23.6. The molecule has 7 heteroatoms. The number of carbonyl (C=O) groups is 1. The molecule has 0 radical (unpaired) electrons. The van der Waals surface area contributed by atoms with E-state index >= 15 is 0 Å². The van der Waals surface area contributed by atoms with Crippen LogP contribution in [0.25, 0.3) is 6.08 Å². The molecule has 1 amide bonds. The van der Waals surface area contributed by atoms with Crippen molar-refractivity contribution in [1.82, 2.24) is 0 Å². The number of ether oxygens (including phenoxy) is 3. The van der Waals surface area contributed by atoms with E-state index in [1.807, 2.05) is 13.0 Å². The molecule has 0 bridgehead atoms. The number of carbonyl (C=O) groups excluding carboxylic acids is 1. The van der Waals surface area contributed by atoms with Crippen molar-refractivity contribution in [1.29, 1.82) is 5.26 Å². The Morgan fingerprint density at radius 3 is 2.61 bits per heavy atom. The van der Waals surface area contributed by atoms with Gasteiger partial charge in [-0.3, -0.25) is 4.79 Å². The van der Waals surface area contributed by atoms with Gasteiger partial charge in [0, 0.05) is 17.3 Å². The van der Waals surface area contributed by atoms with Crippen molar-refractivity contribution in [3.05, 3.63) is 89.2 Å². The first kappa shape index (κ1) is 23.4. The second-order valence-electron chi connectivity index (χ2n) is 6.88. The van der Waals surface area contributed by atoms with Crippen molar-refractivity contribution in [3.8, 4) is 23.3 Å². The average molecular weight is 446 g/mol. The average Bonchev–Trinajstić information content (AvgIpc) is 2.82. The van der Waals surface area contributed by atoms with Crippen LogP contribution >= 0.6 is 0 Å². The molecule has 0 heterocycles. The lowest BCUT2D eigenvalue weighted by Crippen LogP contribution is -2.13. The number of nitrogens with one attached hydrogen (secondary N) is 1. The summed E-state index contributed by atoms with van der Waals surface area (Å²) in [7, 11) is 1.47. The molecule has 3 aromatic carbocycles. The van der Waals surface area contributed by atoms with Gasteiger partial charge >= 0.3 is 0 Å². The lowest BCUT2D eigenvalue weighted by molar-refractivity contribution is -0.112. The standard InChI is InChI=1S/C26H23FN2O4/c1-3-32-22-9-6-8-21(15-22)29-26(30)20(16-28)13-18-11-12-24(25(14-18)31-2)33-17-19-7-4-5-10-23(19)27/h4-15H,3,17H2,1-2H3,(H,29,30)/b20-13-. The van der Waals surface area contributed by atoms with Gasteiger partial charge in [-0.05, 0) is 48.9 Å². The summed E-state index contributed by atoms with van der Waals surface area (Å²) in [5.74, 6) is 0.516. The molecule has 0 aliphatic heterocycles. The highest BCUT2D eigenvalue weighted by Gasteiger charge is 2.12. The van der Waals surface area contributed by atoms with Crippen LogP contribution in [-0.4, -0.2) is 19.6 Å². The second-order valence-corrected chi connectivity index (χ2v) is 6.88. The topological polar surface area (TPSA) is 80.6 Å².